The maximum atomic E-state index is 11.3. The number of ether oxygens (including phenoxy) is 2. The third-order valence-corrected chi connectivity index (χ3v) is 9.68. The molecule has 0 fully saturated rings. The highest BCUT2D eigenvalue weighted by Crippen LogP contribution is 2.32. The Morgan fingerprint density at radius 3 is 2.17 bits per heavy atom. The first-order valence-corrected chi connectivity index (χ1v) is 18.3. The van der Waals surface area contributed by atoms with E-state index in [2.05, 4.69) is 78.3 Å². The van der Waals surface area contributed by atoms with Gasteiger partial charge in [-0.3, -0.25) is 9.69 Å². The molecule has 1 aliphatic rings. The number of sulfone groups is 1. The van der Waals surface area contributed by atoms with E-state index in [0.717, 1.165) is 48.7 Å². The van der Waals surface area contributed by atoms with Crippen LogP contribution in [0.4, 0.5) is 0 Å². The molecule has 7 nitrogen and oxygen atoms in total. The molecule has 3 aromatic rings. The van der Waals surface area contributed by atoms with Crippen molar-refractivity contribution >= 4 is 21.4 Å². The molecule has 250 valence electrons. The molecule has 3 atom stereocenters. The number of carbonyl (C=O) groups is 1. The second-order valence-corrected chi connectivity index (χ2v) is 14.8. The molecule has 0 radical (unpaired) electrons. The van der Waals surface area contributed by atoms with E-state index >= 15 is 0 Å². The van der Waals surface area contributed by atoms with Gasteiger partial charge >= 0.3 is 5.97 Å². The second-order valence-electron chi connectivity index (χ2n) is 12.5. The Labute approximate surface area is 280 Å². The quantitative estimate of drug-likeness (QED) is 0.128. The Balaban J connectivity index is 1.22. The van der Waals surface area contributed by atoms with Crippen LogP contribution < -0.4 is 9.47 Å². The van der Waals surface area contributed by atoms with E-state index in [4.69, 9.17) is 9.47 Å². The van der Waals surface area contributed by atoms with Gasteiger partial charge in [-0.1, -0.05) is 74.4 Å². The summed E-state index contributed by atoms with van der Waals surface area (Å²) in [5.41, 5.74) is 6.03. The molecule has 3 aromatic carbocycles. The normalized spacial score (nSPS) is 15.4. The van der Waals surface area contributed by atoms with Gasteiger partial charge in [-0.25, -0.2) is 8.42 Å². The molecule has 0 saturated carbocycles. The number of benzene rings is 3. The van der Waals surface area contributed by atoms with E-state index in [9.17, 15) is 18.3 Å². The van der Waals surface area contributed by atoms with Crippen molar-refractivity contribution in [3.8, 4) is 23.3 Å². The zero-order valence-electron chi connectivity index (χ0n) is 27.9. The van der Waals surface area contributed by atoms with Crippen molar-refractivity contribution in [3.63, 3.8) is 0 Å². The molecular weight excluding hydrogens is 610 g/mol. The van der Waals surface area contributed by atoms with Gasteiger partial charge in [0.15, 0.2) is 0 Å². The number of hydrogen-bond acceptors (Lipinski definition) is 6. The largest absolute Gasteiger partial charge is 0.494 e. The maximum Gasteiger partial charge on any atom is 0.303 e. The van der Waals surface area contributed by atoms with Crippen LogP contribution in [0, 0.1) is 23.7 Å². The molecule has 1 heterocycles. The summed E-state index contributed by atoms with van der Waals surface area (Å²) in [7, 11) is -2.96. The Kier molecular flexibility index (Phi) is 13.1. The summed E-state index contributed by atoms with van der Waals surface area (Å²) >= 11 is 0. The lowest BCUT2D eigenvalue weighted by molar-refractivity contribution is -0.138. The Morgan fingerprint density at radius 2 is 1.57 bits per heavy atom. The lowest BCUT2D eigenvalue weighted by Crippen LogP contribution is -2.28. The van der Waals surface area contributed by atoms with Crippen LogP contribution in [-0.4, -0.2) is 56.1 Å². The Bertz CT molecular complexity index is 1650. The van der Waals surface area contributed by atoms with Crippen LogP contribution in [0.15, 0.2) is 78.9 Å². The monoisotopic (exact) mass is 657 g/mol. The van der Waals surface area contributed by atoms with Crippen LogP contribution in [0.5, 0.6) is 11.5 Å². The molecule has 0 amide bonds. The predicted octanol–water partition coefficient (Wildman–Crippen LogP) is 7.22. The fourth-order valence-corrected chi connectivity index (χ4v) is 6.61. The summed E-state index contributed by atoms with van der Waals surface area (Å²) < 4.78 is 34.3. The van der Waals surface area contributed by atoms with Gasteiger partial charge in [-0.2, -0.15) is 0 Å². The smallest absolute Gasteiger partial charge is 0.303 e. The molecule has 0 spiro atoms. The van der Waals surface area contributed by atoms with Gasteiger partial charge in [0.1, 0.15) is 27.9 Å². The highest BCUT2D eigenvalue weighted by atomic mass is 32.2. The van der Waals surface area contributed by atoms with Gasteiger partial charge < -0.3 is 14.6 Å². The zero-order valence-corrected chi connectivity index (χ0v) is 28.8. The lowest BCUT2D eigenvalue weighted by Gasteiger charge is -2.26. The van der Waals surface area contributed by atoms with Crippen LogP contribution in [0.25, 0.3) is 5.57 Å². The van der Waals surface area contributed by atoms with Crippen molar-refractivity contribution in [1.29, 1.82) is 0 Å². The summed E-state index contributed by atoms with van der Waals surface area (Å²) in [4.78, 5) is 13.7. The Morgan fingerprint density at radius 1 is 0.936 bits per heavy atom. The standard InChI is InChI=1S/C39H47NO6S/c1-5-7-38(29(2)26-39(41)42)30(3)33-12-16-37(17-13-33)46-28-32-10-8-31(9-11-32)27-40-22-20-35(21-23-40)34-14-18-36(19-15-34)45-24-6-25-47(4,43)44/h8-20,29-30,38H,6,21-28H2,1-4H3,(H,41,42)/t29?,30?,38-/m0/s1. The van der Waals surface area contributed by atoms with Crippen LogP contribution in [0.3, 0.4) is 0 Å². The molecule has 2 unspecified atom stereocenters. The lowest BCUT2D eigenvalue weighted by atomic mass is 9.78. The number of hydrogen-bond donors (Lipinski definition) is 1. The summed E-state index contributed by atoms with van der Waals surface area (Å²) in [6.45, 7) is 9.50. The topological polar surface area (TPSA) is 93.1 Å². The minimum absolute atomic E-state index is 0.0313. The first-order chi connectivity index (χ1) is 22.5. The molecule has 0 aliphatic carbocycles. The number of carboxylic acids is 1. The van der Waals surface area contributed by atoms with Crippen LogP contribution in [0.2, 0.25) is 0 Å². The number of rotatable bonds is 16. The fraction of sp³-hybridized carbons (Fsp3) is 0.410. The molecule has 0 saturated heterocycles. The van der Waals surface area contributed by atoms with Gasteiger partial charge in [0, 0.05) is 38.2 Å². The van der Waals surface area contributed by atoms with Crippen molar-refractivity contribution in [2.75, 3.05) is 31.7 Å². The Hall–Kier alpha value is -4.06. The molecule has 0 bridgehead atoms. The van der Waals surface area contributed by atoms with Crippen molar-refractivity contribution in [3.05, 3.63) is 101 Å². The second kappa shape index (κ2) is 17.2. The molecular formula is C39H47NO6S. The van der Waals surface area contributed by atoms with E-state index < -0.39 is 15.8 Å². The molecule has 1 N–H and O–H groups in total. The zero-order chi connectivity index (χ0) is 33.8. The first kappa shape index (κ1) is 35.8. The fourth-order valence-electron chi connectivity index (χ4n) is 5.96. The summed E-state index contributed by atoms with van der Waals surface area (Å²) in [6.07, 6.45) is 5.11. The number of nitrogens with zero attached hydrogens (tertiary/aromatic N) is 1. The first-order valence-electron chi connectivity index (χ1n) is 16.3. The number of aliphatic carboxylic acids is 1. The molecule has 0 aromatic heterocycles. The van der Waals surface area contributed by atoms with Crippen molar-refractivity contribution in [1.82, 2.24) is 4.90 Å². The summed E-state index contributed by atoms with van der Waals surface area (Å²) in [5.74, 6) is 7.14. The molecule has 47 heavy (non-hydrogen) atoms. The summed E-state index contributed by atoms with van der Waals surface area (Å²) in [5, 5.41) is 9.24. The molecule has 8 heteroatoms. The third kappa shape index (κ3) is 11.6. The van der Waals surface area contributed by atoms with Crippen molar-refractivity contribution < 1.29 is 27.8 Å². The minimum atomic E-state index is -2.96. The summed E-state index contributed by atoms with van der Waals surface area (Å²) in [6, 6.07) is 24.7. The third-order valence-electron chi connectivity index (χ3n) is 8.65. The van der Waals surface area contributed by atoms with Crippen LogP contribution in [0.1, 0.15) is 68.2 Å². The van der Waals surface area contributed by atoms with E-state index in [-0.39, 0.29) is 29.9 Å². The van der Waals surface area contributed by atoms with Gasteiger partial charge in [-0.15, -0.1) is 5.92 Å². The van der Waals surface area contributed by atoms with Gasteiger partial charge in [0.2, 0.25) is 0 Å². The highest BCUT2D eigenvalue weighted by molar-refractivity contribution is 7.90. The predicted molar refractivity (Wildman–Crippen MR) is 188 cm³/mol. The molecule has 4 rings (SSSR count). The van der Waals surface area contributed by atoms with Crippen LogP contribution in [-0.2, 0) is 27.8 Å². The number of carboxylic acid groups (broad SMARTS) is 1. The van der Waals surface area contributed by atoms with E-state index in [1.54, 1.807) is 6.92 Å². The average molecular weight is 658 g/mol. The maximum absolute atomic E-state index is 11.3. The highest BCUT2D eigenvalue weighted by Gasteiger charge is 2.25. The van der Waals surface area contributed by atoms with E-state index in [1.165, 1.54) is 23.0 Å². The minimum Gasteiger partial charge on any atom is -0.494 e. The van der Waals surface area contributed by atoms with Gasteiger partial charge in [0.25, 0.3) is 0 Å². The average Bonchev–Trinajstić information content (AvgIpc) is 3.05. The molecule has 1 aliphatic heterocycles. The van der Waals surface area contributed by atoms with Crippen LogP contribution >= 0.6 is 0 Å². The van der Waals surface area contributed by atoms with Crippen molar-refractivity contribution in [2.45, 2.75) is 59.1 Å². The van der Waals surface area contributed by atoms with Crippen molar-refractivity contribution in [2.24, 2.45) is 11.8 Å². The SMILES string of the molecule is CC#C[C@@H](C(C)CC(=O)O)C(C)c1ccc(OCc2ccc(CN3CC=C(c4ccc(OCCCS(C)(=O)=O)cc4)CC3)cc2)cc1. The van der Waals surface area contributed by atoms with E-state index in [1.807, 2.05) is 31.2 Å². The van der Waals surface area contributed by atoms with Gasteiger partial charge in [-0.05, 0) is 83.7 Å². The van der Waals surface area contributed by atoms with E-state index in [0.29, 0.717) is 19.6 Å². The van der Waals surface area contributed by atoms with Gasteiger partial charge in [0.05, 0.1) is 12.4 Å².